The molecule has 0 radical (unpaired) electrons. The molecule has 33 heavy (non-hydrogen) atoms. The van der Waals surface area contributed by atoms with Crippen LogP contribution in [0.2, 0.25) is 0 Å². The van der Waals surface area contributed by atoms with E-state index in [9.17, 15) is 23.4 Å². The van der Waals surface area contributed by atoms with E-state index in [0.29, 0.717) is 30.1 Å². The van der Waals surface area contributed by atoms with Gasteiger partial charge in [0.05, 0.1) is 5.60 Å². The summed E-state index contributed by atoms with van der Waals surface area (Å²) in [7, 11) is 0. The minimum Gasteiger partial charge on any atom is -0.390 e. The van der Waals surface area contributed by atoms with Crippen LogP contribution in [0.25, 0.3) is 0 Å². The van der Waals surface area contributed by atoms with E-state index in [1.807, 2.05) is 6.92 Å². The molecule has 2 fully saturated rings. The highest BCUT2D eigenvalue weighted by atomic mass is 19.4. The van der Waals surface area contributed by atoms with E-state index in [1.54, 1.807) is 0 Å². The molecule has 2 nitrogen and oxygen atoms in total. The van der Waals surface area contributed by atoms with Crippen molar-refractivity contribution in [3.63, 3.8) is 0 Å². The maximum Gasteiger partial charge on any atom is 0.416 e. The van der Waals surface area contributed by atoms with Crippen molar-refractivity contribution in [3.05, 3.63) is 11.6 Å². The molecule has 0 aromatic heterocycles. The van der Waals surface area contributed by atoms with Crippen LogP contribution in [-0.2, 0) is 0 Å². The molecule has 2 N–H and O–H groups in total. The van der Waals surface area contributed by atoms with Crippen LogP contribution >= 0.6 is 0 Å². The molecule has 0 saturated heterocycles. The van der Waals surface area contributed by atoms with Gasteiger partial charge >= 0.3 is 6.18 Å². The number of hydrogen-bond acceptors (Lipinski definition) is 2. The summed E-state index contributed by atoms with van der Waals surface area (Å²) >= 11 is 0. The Balaban J connectivity index is 1.60. The van der Waals surface area contributed by atoms with Gasteiger partial charge in [0, 0.05) is 0 Å². The van der Waals surface area contributed by atoms with Crippen LogP contribution in [-0.4, -0.2) is 27.6 Å². The number of fused-ring (bicyclic) bond motifs is 3. The van der Waals surface area contributed by atoms with Gasteiger partial charge in [0.2, 0.25) is 0 Å². The van der Waals surface area contributed by atoms with Gasteiger partial charge < -0.3 is 10.2 Å². The lowest BCUT2D eigenvalue weighted by atomic mass is 9.50. The molecule has 8 atom stereocenters. The van der Waals surface area contributed by atoms with Crippen LogP contribution in [0.1, 0.15) is 112 Å². The Morgan fingerprint density at radius 2 is 1.85 bits per heavy atom. The first-order valence-electron chi connectivity index (χ1n) is 13.4. The first kappa shape index (κ1) is 27.0. The lowest BCUT2D eigenvalue weighted by molar-refractivity contribution is -0.256. The molecule has 2 saturated carbocycles. The minimum absolute atomic E-state index is 0.180. The molecule has 192 valence electrons. The van der Waals surface area contributed by atoms with Crippen molar-refractivity contribution < 1.29 is 23.4 Å². The first-order chi connectivity index (χ1) is 15.2. The molecule has 0 aliphatic heterocycles. The number of halogens is 3. The third kappa shape index (κ3) is 5.82. The quantitative estimate of drug-likeness (QED) is 0.353. The van der Waals surface area contributed by atoms with E-state index in [4.69, 9.17) is 0 Å². The van der Waals surface area contributed by atoms with Gasteiger partial charge in [-0.1, -0.05) is 51.7 Å². The Bertz CT molecular complexity index is 696. The monoisotopic (exact) mass is 472 g/mol. The molecule has 0 spiro atoms. The van der Waals surface area contributed by atoms with Crippen molar-refractivity contribution in [2.45, 2.75) is 129 Å². The Morgan fingerprint density at radius 3 is 2.48 bits per heavy atom. The lowest BCUT2D eigenvalue weighted by Crippen LogP contribution is -2.48. The fourth-order valence-electron chi connectivity index (χ4n) is 7.47. The van der Waals surface area contributed by atoms with Gasteiger partial charge in [-0.25, -0.2) is 0 Å². The Hall–Kier alpha value is -0.550. The van der Waals surface area contributed by atoms with Gasteiger partial charge in [0.15, 0.2) is 5.60 Å². The maximum absolute atomic E-state index is 13.0. The molecule has 0 amide bonds. The normalized spacial score (nSPS) is 38.5. The average molecular weight is 473 g/mol. The third-order valence-corrected chi connectivity index (χ3v) is 10.1. The smallest absolute Gasteiger partial charge is 0.390 e. The van der Waals surface area contributed by atoms with E-state index < -0.39 is 17.4 Å². The predicted molar refractivity (Wildman–Crippen MR) is 128 cm³/mol. The molecular weight excluding hydrogens is 425 g/mol. The summed E-state index contributed by atoms with van der Waals surface area (Å²) in [6.45, 7) is 9.53. The van der Waals surface area contributed by atoms with Crippen molar-refractivity contribution in [1.82, 2.24) is 0 Å². The summed E-state index contributed by atoms with van der Waals surface area (Å²) in [6.07, 6.45) is 9.00. The second kappa shape index (κ2) is 9.84. The van der Waals surface area contributed by atoms with Crippen molar-refractivity contribution in [2.24, 2.45) is 35.0 Å². The molecule has 3 aliphatic rings. The standard InChI is InChI=1S/C28H47F3O2/c1-6-20(19(2)14-15-27(5,33)28(29,30)31)10-11-21-8-7-9-24-23(21)13-12-22-18-25(3,32)16-17-26(22,24)4/h12,19-21,23-24,32-33H,6-11,13-18H2,1-5H3/t19-,20-,21+,23+,24+,25+,26+,27?/m1/s1. The van der Waals surface area contributed by atoms with Gasteiger partial charge in [-0.2, -0.15) is 13.2 Å². The lowest BCUT2D eigenvalue weighted by Gasteiger charge is -2.55. The summed E-state index contributed by atoms with van der Waals surface area (Å²) in [5.74, 6) is 2.69. The summed E-state index contributed by atoms with van der Waals surface area (Å²) in [5, 5.41) is 20.4. The third-order valence-electron chi connectivity index (χ3n) is 10.1. The molecule has 0 aromatic rings. The molecule has 3 aliphatic carbocycles. The van der Waals surface area contributed by atoms with Crippen LogP contribution < -0.4 is 0 Å². The number of hydrogen-bond donors (Lipinski definition) is 2. The van der Waals surface area contributed by atoms with E-state index in [0.717, 1.165) is 51.9 Å². The van der Waals surface area contributed by atoms with E-state index >= 15 is 0 Å². The molecule has 0 bridgehead atoms. The van der Waals surface area contributed by atoms with E-state index in [2.05, 4.69) is 26.8 Å². The van der Waals surface area contributed by atoms with E-state index in [1.165, 1.54) is 24.8 Å². The van der Waals surface area contributed by atoms with E-state index in [-0.39, 0.29) is 17.8 Å². The van der Waals surface area contributed by atoms with Crippen LogP contribution in [0.3, 0.4) is 0 Å². The Kier molecular flexibility index (Phi) is 8.06. The highest BCUT2D eigenvalue weighted by Gasteiger charge is 2.51. The zero-order valence-electron chi connectivity index (χ0n) is 21.5. The molecular formula is C28H47F3O2. The van der Waals surface area contributed by atoms with Crippen LogP contribution in [0.4, 0.5) is 13.2 Å². The summed E-state index contributed by atoms with van der Waals surface area (Å²) < 4.78 is 39.1. The Labute approximate surface area is 199 Å². The predicted octanol–water partition coefficient (Wildman–Crippen LogP) is 7.83. The maximum atomic E-state index is 13.0. The zero-order valence-corrected chi connectivity index (χ0v) is 21.5. The fourth-order valence-corrected chi connectivity index (χ4v) is 7.47. The van der Waals surface area contributed by atoms with Gasteiger partial charge in [0.25, 0.3) is 0 Å². The average Bonchev–Trinajstić information content (AvgIpc) is 2.72. The topological polar surface area (TPSA) is 40.5 Å². The summed E-state index contributed by atoms with van der Waals surface area (Å²) in [6, 6.07) is 0. The zero-order chi connectivity index (χ0) is 24.7. The number of allylic oxidation sites excluding steroid dienone is 1. The first-order valence-corrected chi connectivity index (χ1v) is 13.4. The highest BCUT2D eigenvalue weighted by Crippen LogP contribution is 2.59. The van der Waals surface area contributed by atoms with Gasteiger partial charge in [-0.15, -0.1) is 0 Å². The molecule has 0 aromatic carbocycles. The molecule has 0 heterocycles. The van der Waals surface area contributed by atoms with Crippen LogP contribution in [0, 0.1) is 35.0 Å². The van der Waals surface area contributed by atoms with Crippen molar-refractivity contribution in [3.8, 4) is 0 Å². The molecule has 5 heteroatoms. The number of aliphatic hydroxyl groups is 2. The van der Waals surface area contributed by atoms with Gasteiger partial charge in [0.1, 0.15) is 0 Å². The second-order valence-electron chi connectivity index (χ2n) is 12.6. The van der Waals surface area contributed by atoms with Crippen LogP contribution in [0.15, 0.2) is 11.6 Å². The van der Waals surface area contributed by atoms with Crippen molar-refractivity contribution in [1.29, 1.82) is 0 Å². The van der Waals surface area contributed by atoms with Gasteiger partial charge in [-0.3, -0.25) is 0 Å². The Morgan fingerprint density at radius 1 is 1.15 bits per heavy atom. The van der Waals surface area contributed by atoms with Gasteiger partial charge in [-0.05, 0) is 107 Å². The summed E-state index contributed by atoms with van der Waals surface area (Å²) in [4.78, 5) is 0. The minimum atomic E-state index is -4.57. The molecule has 1 unspecified atom stereocenters. The van der Waals surface area contributed by atoms with Crippen molar-refractivity contribution in [2.75, 3.05) is 0 Å². The number of alkyl halides is 3. The number of rotatable bonds is 8. The van der Waals surface area contributed by atoms with Crippen LogP contribution in [0.5, 0.6) is 0 Å². The second-order valence-corrected chi connectivity index (χ2v) is 12.6. The largest absolute Gasteiger partial charge is 0.416 e. The molecule has 3 rings (SSSR count). The fraction of sp³-hybridized carbons (Fsp3) is 0.929. The SMILES string of the molecule is CC[C@H](CC[C@@H]1CCC[C@H]2[C@H]1CC=C1C[C@@](C)(O)CC[C@@]12C)[C@H](C)CCC(C)(O)C(F)(F)F. The summed E-state index contributed by atoms with van der Waals surface area (Å²) in [5.41, 5.74) is -1.45. The van der Waals surface area contributed by atoms with Crippen molar-refractivity contribution >= 4 is 0 Å². The highest BCUT2D eigenvalue weighted by molar-refractivity contribution is 5.25.